The fourth-order valence-electron chi connectivity index (χ4n) is 1.65. The molecule has 106 valence electrons. The van der Waals surface area contributed by atoms with Gasteiger partial charge >= 0.3 is 0 Å². The molecule has 0 saturated heterocycles. The van der Waals surface area contributed by atoms with E-state index in [9.17, 15) is 0 Å². The summed E-state index contributed by atoms with van der Waals surface area (Å²) in [6, 6.07) is 7.63. The van der Waals surface area contributed by atoms with Crippen LogP contribution in [0, 0.1) is 0 Å². The summed E-state index contributed by atoms with van der Waals surface area (Å²) in [5, 5.41) is 3.24. The minimum Gasteiger partial charge on any atom is -0.493 e. The summed E-state index contributed by atoms with van der Waals surface area (Å²) in [6.07, 6.45) is 0.00741. The van der Waals surface area contributed by atoms with E-state index in [-0.39, 0.29) is 6.10 Å². The SMILES string of the molecule is CN=C(NCC(C)Oc1ccccc1OC)N(C)C. The second kappa shape index (κ2) is 7.51. The molecule has 5 nitrogen and oxygen atoms in total. The van der Waals surface area contributed by atoms with Crippen LogP contribution in [0.3, 0.4) is 0 Å². The van der Waals surface area contributed by atoms with E-state index < -0.39 is 0 Å². The van der Waals surface area contributed by atoms with Gasteiger partial charge in [0.25, 0.3) is 0 Å². The zero-order valence-corrected chi connectivity index (χ0v) is 12.3. The van der Waals surface area contributed by atoms with Crippen molar-refractivity contribution < 1.29 is 9.47 Å². The zero-order chi connectivity index (χ0) is 14.3. The lowest BCUT2D eigenvalue weighted by molar-refractivity contribution is 0.213. The summed E-state index contributed by atoms with van der Waals surface area (Å²) < 4.78 is 11.1. The maximum Gasteiger partial charge on any atom is 0.193 e. The number of methoxy groups -OCH3 is 1. The van der Waals surface area contributed by atoms with Crippen LogP contribution in [-0.2, 0) is 0 Å². The standard InChI is InChI=1S/C14H23N3O2/c1-11(10-16-14(15-2)17(3)4)19-13-9-7-6-8-12(13)18-5/h6-9,11H,10H2,1-5H3,(H,15,16). The molecule has 1 N–H and O–H groups in total. The quantitative estimate of drug-likeness (QED) is 0.649. The Hall–Kier alpha value is -1.91. The van der Waals surface area contributed by atoms with Crippen molar-refractivity contribution in [3.05, 3.63) is 24.3 Å². The molecule has 0 bridgehead atoms. The molecule has 0 heterocycles. The summed E-state index contributed by atoms with van der Waals surface area (Å²) >= 11 is 0. The normalized spacial score (nSPS) is 12.8. The number of hydrogen-bond donors (Lipinski definition) is 1. The third kappa shape index (κ3) is 4.69. The van der Waals surface area contributed by atoms with Gasteiger partial charge in [-0.3, -0.25) is 4.99 Å². The van der Waals surface area contributed by atoms with Crippen LogP contribution in [0.2, 0.25) is 0 Å². The Bertz CT molecular complexity index is 419. The first-order valence-corrected chi connectivity index (χ1v) is 6.26. The molecule has 1 aromatic rings. The van der Waals surface area contributed by atoms with Gasteiger partial charge in [0.1, 0.15) is 6.10 Å². The molecular weight excluding hydrogens is 242 g/mol. The fraction of sp³-hybridized carbons (Fsp3) is 0.500. The van der Waals surface area contributed by atoms with Gasteiger partial charge in [0.15, 0.2) is 17.5 Å². The zero-order valence-electron chi connectivity index (χ0n) is 12.3. The largest absolute Gasteiger partial charge is 0.493 e. The van der Waals surface area contributed by atoms with Crippen LogP contribution in [-0.4, -0.2) is 51.8 Å². The molecule has 0 aromatic heterocycles. The Morgan fingerprint density at radius 1 is 1.32 bits per heavy atom. The van der Waals surface area contributed by atoms with Gasteiger partial charge in [-0.1, -0.05) is 12.1 Å². The van der Waals surface area contributed by atoms with Crippen LogP contribution in [0.4, 0.5) is 0 Å². The van der Waals surface area contributed by atoms with Gasteiger partial charge in [-0.15, -0.1) is 0 Å². The number of benzene rings is 1. The first-order valence-electron chi connectivity index (χ1n) is 6.26. The Morgan fingerprint density at radius 3 is 2.47 bits per heavy atom. The van der Waals surface area contributed by atoms with Gasteiger partial charge in [-0.25, -0.2) is 0 Å². The van der Waals surface area contributed by atoms with Crippen LogP contribution in [0.25, 0.3) is 0 Å². The molecule has 1 aromatic carbocycles. The van der Waals surface area contributed by atoms with Crippen molar-refractivity contribution in [1.82, 2.24) is 10.2 Å². The van der Waals surface area contributed by atoms with E-state index in [4.69, 9.17) is 9.47 Å². The number of nitrogens with zero attached hydrogens (tertiary/aromatic N) is 2. The van der Waals surface area contributed by atoms with Gasteiger partial charge in [0.05, 0.1) is 13.7 Å². The highest BCUT2D eigenvalue weighted by Gasteiger charge is 2.09. The maximum atomic E-state index is 5.85. The summed E-state index contributed by atoms with van der Waals surface area (Å²) in [7, 11) is 7.29. The molecule has 0 radical (unpaired) electrons. The van der Waals surface area contributed by atoms with Gasteiger partial charge in [-0.2, -0.15) is 0 Å². The van der Waals surface area contributed by atoms with Crippen LogP contribution < -0.4 is 14.8 Å². The van der Waals surface area contributed by atoms with Crippen molar-refractivity contribution in [2.24, 2.45) is 4.99 Å². The second-order valence-corrected chi connectivity index (χ2v) is 4.40. The second-order valence-electron chi connectivity index (χ2n) is 4.40. The molecule has 0 aliphatic rings. The van der Waals surface area contributed by atoms with Gasteiger partial charge < -0.3 is 19.7 Å². The summed E-state index contributed by atoms with van der Waals surface area (Å²) in [5.74, 6) is 2.32. The van der Waals surface area contributed by atoms with E-state index >= 15 is 0 Å². The minimum atomic E-state index is 0.00741. The Kier molecular flexibility index (Phi) is 5.99. The monoisotopic (exact) mass is 265 g/mol. The average Bonchev–Trinajstić information content (AvgIpc) is 2.39. The molecule has 1 rings (SSSR count). The van der Waals surface area contributed by atoms with Gasteiger partial charge in [-0.05, 0) is 19.1 Å². The number of ether oxygens (including phenoxy) is 2. The molecule has 0 amide bonds. The average molecular weight is 265 g/mol. The van der Waals surface area contributed by atoms with Crippen molar-refractivity contribution >= 4 is 5.96 Å². The smallest absolute Gasteiger partial charge is 0.193 e. The number of nitrogens with one attached hydrogen (secondary N) is 1. The topological polar surface area (TPSA) is 46.1 Å². The number of hydrogen-bond acceptors (Lipinski definition) is 3. The fourth-order valence-corrected chi connectivity index (χ4v) is 1.65. The lowest BCUT2D eigenvalue weighted by Gasteiger charge is -2.21. The van der Waals surface area contributed by atoms with Crippen molar-refractivity contribution in [2.45, 2.75) is 13.0 Å². The molecule has 5 heteroatoms. The van der Waals surface area contributed by atoms with Crippen LogP contribution in [0.15, 0.2) is 29.3 Å². The van der Waals surface area contributed by atoms with Crippen LogP contribution in [0.5, 0.6) is 11.5 Å². The number of rotatable bonds is 5. The number of aliphatic imine (C=N–C) groups is 1. The first kappa shape index (κ1) is 15.1. The third-order valence-corrected chi connectivity index (χ3v) is 2.58. The van der Waals surface area contributed by atoms with Crippen molar-refractivity contribution in [3.63, 3.8) is 0 Å². The predicted molar refractivity (Wildman–Crippen MR) is 78.1 cm³/mol. The predicted octanol–water partition coefficient (Wildman–Crippen LogP) is 1.60. The lowest BCUT2D eigenvalue weighted by Crippen LogP contribution is -2.41. The lowest BCUT2D eigenvalue weighted by atomic mass is 10.3. The van der Waals surface area contributed by atoms with E-state index in [2.05, 4.69) is 10.3 Å². The van der Waals surface area contributed by atoms with Crippen molar-refractivity contribution in [2.75, 3.05) is 34.8 Å². The Labute approximate surface area is 115 Å². The molecule has 1 unspecified atom stereocenters. The maximum absolute atomic E-state index is 5.85. The van der Waals surface area contributed by atoms with E-state index in [0.29, 0.717) is 6.54 Å². The van der Waals surface area contributed by atoms with E-state index in [1.165, 1.54) is 0 Å². The molecule has 0 aliphatic heterocycles. The highest BCUT2D eigenvalue weighted by Crippen LogP contribution is 2.26. The molecule has 19 heavy (non-hydrogen) atoms. The van der Waals surface area contributed by atoms with Crippen LogP contribution in [0.1, 0.15) is 6.92 Å². The van der Waals surface area contributed by atoms with E-state index in [1.807, 2.05) is 50.2 Å². The molecular formula is C14H23N3O2. The third-order valence-electron chi connectivity index (χ3n) is 2.58. The van der Waals surface area contributed by atoms with Gasteiger partial charge in [0, 0.05) is 21.1 Å². The number of para-hydroxylation sites is 2. The molecule has 0 spiro atoms. The Morgan fingerprint density at radius 2 is 1.95 bits per heavy atom. The summed E-state index contributed by atoms with van der Waals surface area (Å²) in [4.78, 5) is 6.08. The van der Waals surface area contributed by atoms with Crippen molar-refractivity contribution in [1.29, 1.82) is 0 Å². The van der Waals surface area contributed by atoms with Crippen molar-refractivity contribution in [3.8, 4) is 11.5 Å². The highest BCUT2D eigenvalue weighted by molar-refractivity contribution is 5.79. The summed E-state index contributed by atoms with van der Waals surface area (Å²) in [5.41, 5.74) is 0. The molecule has 1 atom stereocenters. The number of guanidine groups is 1. The molecule has 0 fully saturated rings. The van der Waals surface area contributed by atoms with Crippen LogP contribution >= 0.6 is 0 Å². The molecule has 0 saturated carbocycles. The molecule has 0 aliphatic carbocycles. The van der Waals surface area contributed by atoms with E-state index in [0.717, 1.165) is 17.5 Å². The Balaban J connectivity index is 2.53. The summed E-state index contributed by atoms with van der Waals surface area (Å²) in [6.45, 7) is 2.67. The highest BCUT2D eigenvalue weighted by atomic mass is 16.5. The minimum absolute atomic E-state index is 0.00741. The van der Waals surface area contributed by atoms with Gasteiger partial charge in [0.2, 0.25) is 0 Å². The van der Waals surface area contributed by atoms with E-state index in [1.54, 1.807) is 14.2 Å². The first-order chi connectivity index (χ1) is 9.08.